The molecule has 2 fully saturated rings. The van der Waals surface area contributed by atoms with Crippen molar-refractivity contribution in [2.75, 3.05) is 41.5 Å². The summed E-state index contributed by atoms with van der Waals surface area (Å²) in [6.45, 7) is 16.9. The van der Waals surface area contributed by atoms with Crippen molar-refractivity contribution >= 4 is 19.8 Å². The first-order valence-corrected chi connectivity index (χ1v) is 25.7. The number of aliphatic hydroxyl groups excluding tert-OH is 5. The Hall–Kier alpha value is -3.16. The van der Waals surface area contributed by atoms with Crippen molar-refractivity contribution < 1.29 is 72.6 Å². The number of phosphoric acid groups is 1. The molecule has 1 aromatic rings. The minimum atomic E-state index is -5.15. The normalized spacial score (nSPS) is 27.8. The van der Waals surface area contributed by atoms with Gasteiger partial charge >= 0.3 is 7.82 Å². The Bertz CT molecular complexity index is 2010. The van der Waals surface area contributed by atoms with Crippen LogP contribution in [0.25, 0.3) is 6.08 Å². The highest BCUT2D eigenvalue weighted by molar-refractivity contribution is 7.46. The first-order valence-electron chi connectivity index (χ1n) is 24.1. The fraction of sp³-hybridized carbons (Fsp3) is 0.740. The smallest absolute Gasteiger partial charge is 0.448 e. The topological polar surface area (TPSA) is 287 Å². The minimum absolute atomic E-state index is 0.0581. The fourth-order valence-electron chi connectivity index (χ4n) is 9.30. The maximum Gasteiger partial charge on any atom is 0.469 e. The van der Waals surface area contributed by atoms with E-state index in [0.29, 0.717) is 24.4 Å². The number of nitrogens with zero attached hydrogens (tertiary/aromatic N) is 3. The van der Waals surface area contributed by atoms with E-state index < -0.39 is 97.7 Å². The number of aliphatic hydroxyl groups is 5. The van der Waals surface area contributed by atoms with E-state index in [1.165, 1.54) is 26.6 Å². The third kappa shape index (κ3) is 16.4. The maximum absolute atomic E-state index is 12.6. The summed E-state index contributed by atoms with van der Waals surface area (Å²) in [7, 11) is 1.14. The van der Waals surface area contributed by atoms with E-state index in [2.05, 4.69) is 17.2 Å². The van der Waals surface area contributed by atoms with Gasteiger partial charge in [-0.2, -0.15) is 5.26 Å². The summed E-state index contributed by atoms with van der Waals surface area (Å²) < 4.78 is 48.2. The van der Waals surface area contributed by atoms with Gasteiger partial charge in [-0.15, -0.1) is 0 Å². The van der Waals surface area contributed by atoms with Gasteiger partial charge in [0, 0.05) is 62.9 Å². The van der Waals surface area contributed by atoms with Gasteiger partial charge < -0.3 is 68.9 Å². The number of carbonyl (C=O) groups excluding carboxylic acids is 1. The fourth-order valence-corrected chi connectivity index (χ4v) is 9.98. The minimum Gasteiger partial charge on any atom is -0.448 e. The summed E-state index contributed by atoms with van der Waals surface area (Å²) >= 11 is 0. The number of hydrogen-bond acceptors (Lipinski definition) is 16. The van der Waals surface area contributed by atoms with E-state index in [-0.39, 0.29) is 50.2 Å². The van der Waals surface area contributed by atoms with Crippen LogP contribution in [0, 0.1) is 40.4 Å². The zero-order chi connectivity index (χ0) is 52.9. The molecule has 0 radical (unpaired) electrons. The van der Waals surface area contributed by atoms with Crippen molar-refractivity contribution in [3.05, 3.63) is 59.4 Å². The molecule has 3 rings (SSSR count). The van der Waals surface area contributed by atoms with Crippen molar-refractivity contribution in [2.45, 2.75) is 167 Å². The highest BCUT2D eigenvalue weighted by Gasteiger charge is 2.68. The van der Waals surface area contributed by atoms with E-state index in [1.807, 2.05) is 65.0 Å². The number of nitrogens with one attached hydrogen (secondary N) is 1. The lowest BCUT2D eigenvalue weighted by atomic mass is 9.72. The zero-order valence-corrected chi connectivity index (χ0v) is 44.2. The van der Waals surface area contributed by atoms with Crippen LogP contribution in [-0.4, -0.2) is 159 Å². The van der Waals surface area contributed by atoms with Gasteiger partial charge in [0.15, 0.2) is 17.8 Å². The number of hydrogen-bond donors (Lipinski definition) is 8. The summed E-state index contributed by atoms with van der Waals surface area (Å²) in [5.41, 5.74) is 1.13. The number of ether oxygens (including phenoxy) is 4. The van der Waals surface area contributed by atoms with E-state index >= 15 is 0 Å². The lowest BCUT2D eigenvalue weighted by Gasteiger charge is -2.50. The molecule has 1 spiro atoms. The first-order chi connectivity index (χ1) is 32.6. The van der Waals surface area contributed by atoms with Crippen LogP contribution in [0.4, 0.5) is 0 Å². The van der Waals surface area contributed by atoms with Gasteiger partial charge in [-0.3, -0.25) is 9.32 Å². The molecule has 19 nitrogen and oxygen atoms in total. The van der Waals surface area contributed by atoms with Crippen molar-refractivity contribution in [2.24, 2.45) is 29.1 Å². The van der Waals surface area contributed by atoms with E-state index in [4.69, 9.17) is 33.2 Å². The Labute approximate surface area is 414 Å². The molecule has 0 aromatic carbocycles. The van der Waals surface area contributed by atoms with Crippen molar-refractivity contribution in [1.29, 1.82) is 5.26 Å². The predicted molar refractivity (Wildman–Crippen MR) is 262 cm³/mol. The van der Waals surface area contributed by atoms with Crippen LogP contribution in [-0.2, 0) is 32.8 Å². The highest BCUT2D eigenvalue weighted by Crippen LogP contribution is 2.59. The average molecular weight is 1010 g/mol. The molecule has 8 N–H and O–H groups in total. The number of rotatable bonds is 27. The summed E-state index contributed by atoms with van der Waals surface area (Å²) in [5.74, 6) is -3.30. The number of nitriles is 1. The first kappa shape index (κ1) is 61.1. The molecular formula is C50H83N4O15P. The van der Waals surface area contributed by atoms with Gasteiger partial charge in [-0.25, -0.2) is 9.55 Å². The third-order valence-electron chi connectivity index (χ3n) is 14.4. The number of allylic oxidation sites excluding steroid dienone is 6. The van der Waals surface area contributed by atoms with Gasteiger partial charge in [0.25, 0.3) is 5.91 Å². The molecule has 1 amide bonds. The Morgan fingerprint density at radius 2 is 1.76 bits per heavy atom. The molecule has 3 heterocycles. The number of oxazole rings is 1. The zero-order valence-electron chi connectivity index (χ0n) is 43.3. The average Bonchev–Trinajstić information content (AvgIpc) is 3.84. The van der Waals surface area contributed by atoms with Crippen LogP contribution in [0.2, 0.25) is 0 Å². The molecule has 20 heteroatoms. The molecule has 70 heavy (non-hydrogen) atoms. The van der Waals surface area contributed by atoms with Crippen LogP contribution in [0.3, 0.4) is 0 Å². The van der Waals surface area contributed by atoms with Gasteiger partial charge in [0.2, 0.25) is 0 Å². The van der Waals surface area contributed by atoms with Crippen LogP contribution in [0.15, 0.2) is 52.2 Å². The van der Waals surface area contributed by atoms with Crippen molar-refractivity contribution in [1.82, 2.24) is 15.2 Å². The molecule has 1 aromatic heterocycles. The monoisotopic (exact) mass is 1010 g/mol. The third-order valence-corrected chi connectivity index (χ3v) is 15.0. The number of phosphoric ester groups is 1. The Morgan fingerprint density at radius 3 is 2.36 bits per heavy atom. The molecule has 0 aliphatic carbocycles. The Morgan fingerprint density at radius 1 is 1.09 bits per heavy atom. The summed E-state index contributed by atoms with van der Waals surface area (Å²) in [5, 5.41) is 67.2. The van der Waals surface area contributed by atoms with E-state index in [9.17, 15) is 44.7 Å². The summed E-state index contributed by atoms with van der Waals surface area (Å²) in [6, 6.07) is 1.41. The molecule has 2 saturated heterocycles. The molecule has 16 atom stereocenters. The van der Waals surface area contributed by atoms with Crippen LogP contribution < -0.4 is 5.32 Å². The molecule has 9 unspecified atom stereocenters. The second-order valence-electron chi connectivity index (χ2n) is 20.3. The SMILES string of the molecule is COC[C@H](C(O)[C@@H](O)C(=O)NCCC(C)c1nc(/C=C/CC2O[C@@]3(CC(O)[C@H]2C)OC([C@@H](CC(O)[C@@H](C)C(O)[C@@H](C)CC(C)\C(C)=C/C=C/C(C)=C\C#N)OC)C(OP(=O)(O)O)C3(C)C)co1)N(C)C. The molecule has 398 valence electrons. The number of carbonyl (C=O) groups is 1. The second-order valence-corrected chi connectivity index (χ2v) is 21.5. The van der Waals surface area contributed by atoms with Gasteiger partial charge in [-0.1, -0.05) is 78.3 Å². The van der Waals surface area contributed by atoms with Crippen LogP contribution >= 0.6 is 7.82 Å². The number of aromatic nitrogens is 1. The molecule has 2 aliphatic heterocycles. The molecule has 2 aliphatic rings. The summed E-state index contributed by atoms with van der Waals surface area (Å²) in [6.07, 6.45) is 3.17. The lowest BCUT2D eigenvalue weighted by molar-refractivity contribution is -0.334. The summed E-state index contributed by atoms with van der Waals surface area (Å²) in [4.78, 5) is 39.2. The molecular weight excluding hydrogens is 928 g/mol. The van der Waals surface area contributed by atoms with Crippen molar-refractivity contribution in [3.8, 4) is 6.07 Å². The lowest BCUT2D eigenvalue weighted by Crippen LogP contribution is -2.58. The van der Waals surface area contributed by atoms with Gasteiger partial charge in [-0.05, 0) is 70.7 Å². The molecule has 0 saturated carbocycles. The quantitative estimate of drug-likeness (QED) is 0.0335. The number of methoxy groups -OCH3 is 2. The van der Waals surface area contributed by atoms with Gasteiger partial charge in [0.05, 0.1) is 49.2 Å². The standard InChI is InChI=1S/C50H83N4O15P/c1-29(20-22-51)16-14-17-30(2)32(4)24-33(5)42(57)35(7)38(55)25-41(65-13)45-46(69-70(61,62)63)49(8,9)50(68-45)26-39(56)34(6)40(67-50)19-15-18-36-27-66-48(53-36)31(3)21-23-52-47(60)44(59)43(58)37(28-64-12)54(10)11/h14-18,20,27,31-35,37-46,55-59H,19,21,23-26,28H2,1-13H3,(H,52,60)(H2,61,62,63)/b16-14+,18-15+,29-20-,30-17-/t31?,32?,33-,34+,35+,37+,38?,39?,40?,41+,42?,43?,44+,45?,46?,50-/m0/s1. The largest absolute Gasteiger partial charge is 0.469 e. The van der Waals surface area contributed by atoms with Crippen molar-refractivity contribution in [3.63, 3.8) is 0 Å². The van der Waals surface area contributed by atoms with Crippen LogP contribution in [0.1, 0.15) is 112 Å². The highest BCUT2D eigenvalue weighted by atomic mass is 31.2. The number of likely N-dealkylation sites (N-methyl/N-ethyl adjacent to an activating group) is 1. The van der Waals surface area contributed by atoms with Gasteiger partial charge in [0.1, 0.15) is 30.3 Å². The van der Waals surface area contributed by atoms with E-state index in [1.54, 1.807) is 45.8 Å². The Balaban J connectivity index is 1.72. The van der Waals surface area contributed by atoms with E-state index in [0.717, 1.165) is 11.1 Å². The Kier molecular flexibility index (Phi) is 23.8. The molecule has 0 bridgehead atoms. The number of amides is 1. The second kappa shape index (κ2) is 27.2. The predicted octanol–water partition coefficient (Wildman–Crippen LogP) is 4.77. The maximum atomic E-state index is 12.6. The van der Waals surface area contributed by atoms with Crippen LogP contribution in [0.5, 0.6) is 0 Å².